The maximum absolute atomic E-state index is 12.5. The van der Waals surface area contributed by atoms with Crippen LogP contribution >= 0.6 is 27.7 Å². The van der Waals surface area contributed by atoms with E-state index in [4.69, 9.17) is 0 Å². The van der Waals surface area contributed by atoms with Gasteiger partial charge in [0.2, 0.25) is 0 Å². The highest BCUT2D eigenvalue weighted by Gasteiger charge is 2.17. The summed E-state index contributed by atoms with van der Waals surface area (Å²) in [5.41, 5.74) is 0.688. The molecule has 0 fully saturated rings. The van der Waals surface area contributed by atoms with Gasteiger partial charge in [0.05, 0.1) is 9.79 Å². The minimum atomic E-state index is -3.79. The lowest BCUT2D eigenvalue weighted by atomic mass is 10.3. The molecule has 0 heterocycles. The molecule has 0 spiro atoms. The topological polar surface area (TPSA) is 92.3 Å². The predicted molar refractivity (Wildman–Crippen MR) is 120 cm³/mol. The van der Waals surface area contributed by atoms with Crippen LogP contribution in [0.2, 0.25) is 0 Å². The number of rotatable bonds is 7. The number of hydrogen-bond acceptors (Lipinski definition) is 5. The van der Waals surface area contributed by atoms with Gasteiger partial charge in [0, 0.05) is 20.7 Å². The Morgan fingerprint density at radius 1 is 0.655 bits per heavy atom. The van der Waals surface area contributed by atoms with Crippen molar-refractivity contribution in [1.29, 1.82) is 0 Å². The van der Waals surface area contributed by atoms with E-state index in [1.807, 2.05) is 6.26 Å². The first-order valence-corrected chi connectivity index (χ1v) is 13.2. The molecule has 0 atom stereocenters. The Kier molecular flexibility index (Phi) is 6.57. The first kappa shape index (κ1) is 21.7. The van der Waals surface area contributed by atoms with Gasteiger partial charge in [-0.1, -0.05) is 15.9 Å². The summed E-state index contributed by atoms with van der Waals surface area (Å²) < 4.78 is 55.8. The first-order valence-electron chi connectivity index (χ1n) is 8.25. The quantitative estimate of drug-likeness (QED) is 0.444. The summed E-state index contributed by atoms with van der Waals surface area (Å²) in [6.07, 6.45) is 1.91. The molecule has 0 aromatic heterocycles. The van der Waals surface area contributed by atoms with E-state index in [2.05, 4.69) is 25.4 Å². The Morgan fingerprint density at radius 2 is 1.03 bits per heavy atom. The Morgan fingerprint density at radius 3 is 1.45 bits per heavy atom. The second-order valence-corrected chi connectivity index (χ2v) is 11.1. The molecule has 0 bridgehead atoms. The Hall–Kier alpha value is -2.01. The highest BCUT2D eigenvalue weighted by Crippen LogP contribution is 2.23. The van der Waals surface area contributed by atoms with Gasteiger partial charge in [-0.05, 0) is 79.1 Å². The number of benzene rings is 3. The third-order valence-electron chi connectivity index (χ3n) is 3.88. The SMILES string of the molecule is CSc1ccc(S(=O)(=O)Nc2ccc(S(=O)(=O)Nc3ccc(Br)cc3)cc2)cc1. The summed E-state index contributed by atoms with van der Waals surface area (Å²) >= 11 is 4.81. The maximum Gasteiger partial charge on any atom is 0.261 e. The second-order valence-electron chi connectivity index (χ2n) is 5.92. The number of hydrogen-bond donors (Lipinski definition) is 2. The summed E-state index contributed by atoms with van der Waals surface area (Å²) in [6, 6.07) is 18.7. The van der Waals surface area contributed by atoms with E-state index in [0.717, 1.165) is 9.37 Å². The average Bonchev–Trinajstić information content (AvgIpc) is 2.70. The molecule has 0 saturated carbocycles. The second kappa shape index (κ2) is 8.78. The van der Waals surface area contributed by atoms with Gasteiger partial charge < -0.3 is 0 Å². The largest absolute Gasteiger partial charge is 0.280 e. The highest BCUT2D eigenvalue weighted by molar-refractivity contribution is 9.10. The average molecular weight is 513 g/mol. The van der Waals surface area contributed by atoms with Gasteiger partial charge in [0.1, 0.15) is 0 Å². The lowest BCUT2D eigenvalue weighted by Crippen LogP contribution is -2.14. The molecule has 0 aliphatic carbocycles. The summed E-state index contributed by atoms with van der Waals surface area (Å²) in [7, 11) is -7.56. The Labute approximate surface area is 183 Å². The zero-order valence-corrected chi connectivity index (χ0v) is 19.2. The van der Waals surface area contributed by atoms with Gasteiger partial charge in [0.15, 0.2) is 0 Å². The van der Waals surface area contributed by atoms with Crippen LogP contribution in [0.4, 0.5) is 11.4 Å². The van der Waals surface area contributed by atoms with Crippen molar-refractivity contribution >= 4 is 59.1 Å². The van der Waals surface area contributed by atoms with Crippen LogP contribution in [0, 0.1) is 0 Å². The van der Waals surface area contributed by atoms with E-state index in [0.29, 0.717) is 5.69 Å². The van der Waals surface area contributed by atoms with Crippen LogP contribution in [0.3, 0.4) is 0 Å². The molecule has 0 amide bonds. The van der Waals surface area contributed by atoms with E-state index in [1.165, 1.54) is 48.2 Å². The van der Waals surface area contributed by atoms with Crippen LogP contribution in [0.5, 0.6) is 0 Å². The molecule has 0 saturated heterocycles. The molecular formula is C19H17BrN2O4S3. The van der Waals surface area contributed by atoms with Gasteiger partial charge >= 0.3 is 0 Å². The standard InChI is InChI=1S/C19H17BrN2O4S3/c1-27-17-8-12-19(13-9-17)29(25,26)22-16-6-10-18(11-7-16)28(23,24)21-15-4-2-14(20)3-5-15/h2-13,21-22H,1H3. The summed E-state index contributed by atoms with van der Waals surface area (Å²) in [6.45, 7) is 0. The van der Waals surface area contributed by atoms with Crippen molar-refractivity contribution in [2.75, 3.05) is 15.7 Å². The van der Waals surface area contributed by atoms with Crippen LogP contribution < -0.4 is 9.44 Å². The molecule has 152 valence electrons. The van der Waals surface area contributed by atoms with E-state index in [1.54, 1.807) is 36.4 Å². The fourth-order valence-corrected chi connectivity index (χ4v) is 5.19. The van der Waals surface area contributed by atoms with Crippen LogP contribution in [0.1, 0.15) is 0 Å². The fraction of sp³-hybridized carbons (Fsp3) is 0.0526. The molecule has 3 aromatic rings. The van der Waals surface area contributed by atoms with Crippen molar-refractivity contribution in [2.24, 2.45) is 0 Å². The van der Waals surface area contributed by atoms with Gasteiger partial charge in [-0.3, -0.25) is 9.44 Å². The van der Waals surface area contributed by atoms with Gasteiger partial charge in [-0.15, -0.1) is 11.8 Å². The molecule has 29 heavy (non-hydrogen) atoms. The molecule has 10 heteroatoms. The highest BCUT2D eigenvalue weighted by atomic mass is 79.9. The molecule has 3 aromatic carbocycles. The molecule has 3 rings (SSSR count). The van der Waals surface area contributed by atoms with Crippen LogP contribution in [0.15, 0.2) is 92.0 Å². The molecule has 2 N–H and O–H groups in total. The number of halogens is 1. The van der Waals surface area contributed by atoms with Crippen molar-refractivity contribution in [3.05, 3.63) is 77.3 Å². The minimum Gasteiger partial charge on any atom is -0.280 e. The number of thioether (sulfide) groups is 1. The minimum absolute atomic E-state index is 0.0210. The number of anilines is 2. The predicted octanol–water partition coefficient (Wildman–Crippen LogP) is 4.77. The van der Waals surface area contributed by atoms with Gasteiger partial charge in [0.25, 0.3) is 20.0 Å². The lowest BCUT2D eigenvalue weighted by molar-refractivity contribution is 0.600. The normalized spacial score (nSPS) is 11.8. The van der Waals surface area contributed by atoms with Crippen LogP contribution in [-0.2, 0) is 20.0 Å². The molecule has 0 radical (unpaired) electrons. The molecule has 0 aliphatic rings. The van der Waals surface area contributed by atoms with Crippen LogP contribution in [-0.4, -0.2) is 23.1 Å². The molecule has 0 aliphatic heterocycles. The van der Waals surface area contributed by atoms with Crippen molar-refractivity contribution < 1.29 is 16.8 Å². The number of sulfonamides is 2. The number of nitrogens with one attached hydrogen (secondary N) is 2. The zero-order valence-electron chi connectivity index (χ0n) is 15.2. The van der Waals surface area contributed by atoms with E-state index >= 15 is 0 Å². The summed E-state index contributed by atoms with van der Waals surface area (Å²) in [5, 5.41) is 0. The van der Waals surface area contributed by atoms with Gasteiger partial charge in [-0.25, -0.2) is 16.8 Å². The molecule has 0 unspecified atom stereocenters. The first-order chi connectivity index (χ1) is 13.7. The maximum atomic E-state index is 12.5. The van der Waals surface area contributed by atoms with E-state index < -0.39 is 20.0 Å². The third kappa shape index (κ3) is 5.53. The molecule has 6 nitrogen and oxygen atoms in total. The van der Waals surface area contributed by atoms with Crippen molar-refractivity contribution in [1.82, 2.24) is 0 Å². The summed E-state index contributed by atoms with van der Waals surface area (Å²) in [4.78, 5) is 1.10. The molecular weight excluding hydrogens is 496 g/mol. The van der Waals surface area contributed by atoms with E-state index in [-0.39, 0.29) is 15.5 Å². The Bertz CT molecular complexity index is 1190. The fourth-order valence-electron chi connectivity index (χ4n) is 2.40. The van der Waals surface area contributed by atoms with E-state index in [9.17, 15) is 16.8 Å². The van der Waals surface area contributed by atoms with Crippen LogP contribution in [0.25, 0.3) is 0 Å². The Balaban J connectivity index is 1.75. The monoisotopic (exact) mass is 512 g/mol. The van der Waals surface area contributed by atoms with Gasteiger partial charge in [-0.2, -0.15) is 0 Å². The lowest BCUT2D eigenvalue weighted by Gasteiger charge is -2.11. The van der Waals surface area contributed by atoms with Crippen molar-refractivity contribution in [3.63, 3.8) is 0 Å². The smallest absolute Gasteiger partial charge is 0.261 e. The van der Waals surface area contributed by atoms with Crippen molar-refractivity contribution in [2.45, 2.75) is 14.7 Å². The summed E-state index contributed by atoms with van der Waals surface area (Å²) in [5.74, 6) is 0. The third-order valence-corrected chi connectivity index (χ3v) is 7.95. The van der Waals surface area contributed by atoms with Crippen molar-refractivity contribution in [3.8, 4) is 0 Å². The zero-order chi connectivity index (χ0) is 21.1.